The first-order valence-electron chi connectivity index (χ1n) is 10.2. The van der Waals surface area contributed by atoms with Crippen LogP contribution in [0.1, 0.15) is 44.9 Å². The van der Waals surface area contributed by atoms with Gasteiger partial charge in [0, 0.05) is 0 Å². The molecule has 0 aliphatic carbocycles. The van der Waals surface area contributed by atoms with E-state index in [2.05, 4.69) is 86.3 Å². The van der Waals surface area contributed by atoms with Crippen LogP contribution in [0.25, 0.3) is 0 Å². The molecule has 0 spiro atoms. The molecule has 0 aromatic heterocycles. The summed E-state index contributed by atoms with van der Waals surface area (Å²) in [5.74, 6) is 5.62. The van der Waals surface area contributed by atoms with Crippen molar-refractivity contribution < 1.29 is 0 Å². The summed E-state index contributed by atoms with van der Waals surface area (Å²) >= 11 is 9.32. The third-order valence-corrected chi connectivity index (χ3v) is 25.9. The predicted octanol–water partition coefficient (Wildman–Crippen LogP) is 7.82. The second-order valence-corrected chi connectivity index (χ2v) is 27.9. The minimum atomic E-state index is -1.12. The van der Waals surface area contributed by atoms with Gasteiger partial charge >= 0.3 is 0 Å². The maximum atomic E-state index is 2.60. The van der Waals surface area contributed by atoms with Gasteiger partial charge in [0.2, 0.25) is 0 Å². The van der Waals surface area contributed by atoms with Gasteiger partial charge in [-0.1, -0.05) is 58.5 Å². The van der Waals surface area contributed by atoms with Gasteiger partial charge in [-0.15, -0.1) is 47.0 Å². The molecule has 0 bridgehead atoms. The first-order valence-corrected chi connectivity index (χ1v) is 21.1. The van der Waals surface area contributed by atoms with Crippen molar-refractivity contribution in [2.24, 2.45) is 0 Å². The highest BCUT2D eigenvalue weighted by Crippen LogP contribution is 2.53. The van der Waals surface area contributed by atoms with E-state index in [1.807, 2.05) is 0 Å². The Morgan fingerprint density at radius 1 is 0.560 bits per heavy atom. The minimum absolute atomic E-state index is 0.607. The lowest BCUT2D eigenvalue weighted by atomic mass is 10.2. The Morgan fingerprint density at radius 3 is 1.16 bits per heavy atom. The number of hydrogen-bond acceptors (Lipinski definition) is 4. The Hall–Kier alpha value is 1.83. The quantitative estimate of drug-likeness (QED) is 0.272. The Balaban J connectivity index is 1.83. The van der Waals surface area contributed by atoms with Crippen molar-refractivity contribution in [3.05, 3.63) is 0 Å². The molecule has 25 heavy (non-hydrogen) atoms. The average molecular weight is 453 g/mol. The Kier molecular flexibility index (Phi) is 8.84. The normalized spacial score (nSPS) is 24.2. The lowest BCUT2D eigenvalue weighted by molar-refractivity contribution is 0.621. The third-order valence-electron chi connectivity index (χ3n) is 5.72. The van der Waals surface area contributed by atoms with Gasteiger partial charge in [0.05, 0.1) is 23.6 Å². The van der Waals surface area contributed by atoms with Gasteiger partial charge in [-0.2, -0.15) is 0 Å². The van der Waals surface area contributed by atoms with E-state index in [1.165, 1.54) is 68.0 Å². The highest BCUT2D eigenvalue weighted by molar-refractivity contribution is 8.21. The molecule has 2 aliphatic heterocycles. The zero-order valence-electron chi connectivity index (χ0n) is 17.4. The van der Waals surface area contributed by atoms with Crippen molar-refractivity contribution in [2.75, 3.05) is 23.0 Å². The fraction of sp³-hybridized carbons (Fsp3) is 1.00. The molecule has 0 saturated carbocycles. The predicted molar refractivity (Wildman–Crippen MR) is 134 cm³/mol. The lowest BCUT2D eigenvalue weighted by Gasteiger charge is -2.46. The molecule has 2 fully saturated rings. The van der Waals surface area contributed by atoms with Crippen molar-refractivity contribution >= 4 is 63.2 Å². The van der Waals surface area contributed by atoms with Gasteiger partial charge in [0.15, 0.2) is 0 Å². The molecule has 2 aliphatic rings. The fourth-order valence-corrected chi connectivity index (χ4v) is 19.6. The molecule has 0 aromatic carbocycles. The monoisotopic (exact) mass is 452 g/mol. The fourth-order valence-electron chi connectivity index (χ4n) is 3.95. The van der Waals surface area contributed by atoms with Crippen LogP contribution in [0.15, 0.2) is 0 Å². The highest BCUT2D eigenvalue weighted by atomic mass is 32.2. The van der Waals surface area contributed by atoms with Crippen LogP contribution in [0, 0.1) is 0 Å². The van der Waals surface area contributed by atoms with E-state index in [0.29, 0.717) is 7.40 Å². The molecule has 148 valence electrons. The van der Waals surface area contributed by atoms with E-state index in [4.69, 9.17) is 0 Å². The van der Waals surface area contributed by atoms with E-state index in [9.17, 15) is 0 Å². The molecule has 2 rings (SSSR count). The van der Waals surface area contributed by atoms with Gasteiger partial charge in [0.1, 0.15) is 0 Å². The van der Waals surface area contributed by atoms with Crippen molar-refractivity contribution in [1.29, 1.82) is 0 Å². The summed E-state index contributed by atoms with van der Waals surface area (Å²) in [7, 11) is -2.24. The van der Waals surface area contributed by atoms with E-state index >= 15 is 0 Å². The van der Waals surface area contributed by atoms with Crippen LogP contribution >= 0.6 is 47.0 Å². The number of unbranched alkanes of at least 4 members (excludes halogenated alkanes) is 2. The highest BCUT2D eigenvalue weighted by Gasteiger charge is 2.46. The summed E-state index contributed by atoms with van der Waals surface area (Å²) in [4.78, 5) is 0. The van der Waals surface area contributed by atoms with Gasteiger partial charge in [-0.05, 0) is 48.7 Å². The van der Waals surface area contributed by atoms with Crippen LogP contribution in [0.5, 0.6) is 0 Å². The molecule has 0 N–H and O–H groups in total. The summed E-state index contributed by atoms with van der Waals surface area (Å²) < 4.78 is 1.21. The Morgan fingerprint density at radius 2 is 0.880 bits per heavy atom. The van der Waals surface area contributed by atoms with E-state index < -0.39 is 16.1 Å². The zero-order valence-corrected chi connectivity index (χ0v) is 22.7. The van der Waals surface area contributed by atoms with Crippen LogP contribution in [0.3, 0.4) is 0 Å². The summed E-state index contributed by atoms with van der Waals surface area (Å²) in [5.41, 5.74) is 0. The third kappa shape index (κ3) is 5.91. The van der Waals surface area contributed by atoms with Gasteiger partial charge < -0.3 is 0 Å². The van der Waals surface area contributed by atoms with Crippen molar-refractivity contribution in [2.45, 2.75) is 91.6 Å². The molecule has 0 unspecified atom stereocenters. The van der Waals surface area contributed by atoms with Crippen molar-refractivity contribution in [3.63, 3.8) is 0 Å². The summed E-state index contributed by atoms with van der Waals surface area (Å²) in [6.07, 6.45) is 10.2. The zero-order chi connectivity index (χ0) is 18.6. The lowest BCUT2D eigenvalue weighted by Crippen LogP contribution is -2.49. The van der Waals surface area contributed by atoms with Gasteiger partial charge in [-0.3, -0.25) is 0 Å². The van der Waals surface area contributed by atoms with E-state index in [1.54, 1.807) is 0 Å². The second kappa shape index (κ2) is 9.56. The van der Waals surface area contributed by atoms with Crippen LogP contribution in [-0.4, -0.2) is 46.6 Å². The molecule has 0 radical (unpaired) electrons. The summed E-state index contributed by atoms with van der Waals surface area (Å²) in [6.45, 7) is 15.6. The number of thioether (sulfide) groups is 4. The SMILES string of the molecule is C[Si](C)(C)C1(CCCCCC2([Si](C)(C)C)SCCCS2)SCCCS1. The maximum absolute atomic E-state index is 2.60. The molecule has 6 heteroatoms. The number of rotatable bonds is 8. The van der Waals surface area contributed by atoms with Crippen LogP contribution in [-0.2, 0) is 0 Å². The Labute approximate surface area is 177 Å². The summed E-state index contributed by atoms with van der Waals surface area (Å²) in [5, 5.41) is 0. The van der Waals surface area contributed by atoms with Crippen LogP contribution in [0.2, 0.25) is 39.3 Å². The molecule has 0 amide bonds. The summed E-state index contributed by atoms with van der Waals surface area (Å²) in [6, 6.07) is 0. The van der Waals surface area contributed by atoms with Crippen LogP contribution in [0.4, 0.5) is 0 Å². The van der Waals surface area contributed by atoms with Crippen LogP contribution < -0.4 is 0 Å². The largest absolute Gasteiger partial charge is 0.148 e. The van der Waals surface area contributed by atoms with Crippen molar-refractivity contribution in [1.82, 2.24) is 0 Å². The number of hydrogen-bond donors (Lipinski definition) is 0. The Bertz CT molecular complexity index is 365. The van der Waals surface area contributed by atoms with Gasteiger partial charge in [0.25, 0.3) is 0 Å². The molecule has 2 saturated heterocycles. The molecule has 0 aromatic rings. The topological polar surface area (TPSA) is 0 Å². The smallest absolute Gasteiger partial charge is 0.0752 e. The van der Waals surface area contributed by atoms with E-state index in [-0.39, 0.29) is 0 Å². The second-order valence-electron chi connectivity index (χ2n) is 9.67. The molecule has 0 atom stereocenters. The molecular weight excluding hydrogens is 413 g/mol. The molecule has 2 heterocycles. The van der Waals surface area contributed by atoms with Gasteiger partial charge in [-0.25, -0.2) is 0 Å². The molecule has 0 nitrogen and oxygen atoms in total. The first kappa shape index (κ1) is 23.1. The van der Waals surface area contributed by atoms with E-state index in [0.717, 1.165) is 0 Å². The van der Waals surface area contributed by atoms with Crippen molar-refractivity contribution in [3.8, 4) is 0 Å². The maximum Gasteiger partial charge on any atom is 0.0752 e. The standard InChI is InChI=1S/C19H40S4Si2/c1-24(2,3)18(20-14-10-15-21-18)12-8-7-9-13-19(25(4,5)6)22-16-11-17-23-19/h7-17H2,1-6H3. The average Bonchev–Trinajstić information content (AvgIpc) is 2.54. The molecular formula is C19H40S4Si2. The first-order chi connectivity index (χ1) is 11.6. The minimum Gasteiger partial charge on any atom is -0.148 e.